The van der Waals surface area contributed by atoms with Crippen LogP contribution in [-0.2, 0) is 16.4 Å². The number of hydrogen-bond acceptors (Lipinski definition) is 3. The van der Waals surface area contributed by atoms with Crippen molar-refractivity contribution in [3.8, 4) is 0 Å². The third-order valence-corrected chi connectivity index (χ3v) is 5.18. The molecular formula is C10H17NO2S2. The number of hydrogen-bond donors (Lipinski definition) is 0. The Morgan fingerprint density at radius 2 is 2.20 bits per heavy atom. The number of likely N-dealkylation sites (N-methyl/N-ethyl adjacent to an activating group) is 1. The second kappa shape index (κ2) is 5.63. The van der Waals surface area contributed by atoms with Crippen molar-refractivity contribution >= 4 is 21.4 Å². The fraction of sp³-hybridized carbons (Fsp3) is 0.600. The molecule has 0 saturated carbocycles. The van der Waals surface area contributed by atoms with Crippen molar-refractivity contribution in [2.24, 2.45) is 0 Å². The standard InChI is InChI=1S/C10H17NO2S2/c1-3-9-15(12,13)11(2)7-6-10-5-4-8-14-10/h4-5,8H,3,6-7,9H2,1-2H3. The molecule has 1 aromatic rings. The molecule has 0 atom stereocenters. The van der Waals surface area contributed by atoms with E-state index in [-0.39, 0.29) is 5.75 Å². The molecule has 0 aliphatic heterocycles. The Hall–Kier alpha value is -0.390. The highest BCUT2D eigenvalue weighted by atomic mass is 32.2. The van der Waals surface area contributed by atoms with Crippen molar-refractivity contribution in [1.29, 1.82) is 0 Å². The van der Waals surface area contributed by atoms with Crippen LogP contribution in [-0.4, -0.2) is 32.1 Å². The molecule has 0 unspecified atom stereocenters. The van der Waals surface area contributed by atoms with Crippen LogP contribution in [0.3, 0.4) is 0 Å². The smallest absolute Gasteiger partial charge is 0.212 e. The zero-order chi connectivity index (χ0) is 11.3. The first-order valence-corrected chi connectivity index (χ1v) is 7.51. The fourth-order valence-electron chi connectivity index (χ4n) is 1.28. The van der Waals surface area contributed by atoms with E-state index in [0.717, 1.165) is 6.42 Å². The first-order chi connectivity index (χ1) is 7.06. The highest BCUT2D eigenvalue weighted by Crippen LogP contribution is 2.10. The van der Waals surface area contributed by atoms with Gasteiger partial charge in [-0.1, -0.05) is 13.0 Å². The van der Waals surface area contributed by atoms with Gasteiger partial charge in [0.15, 0.2) is 0 Å². The van der Waals surface area contributed by atoms with E-state index < -0.39 is 10.0 Å². The van der Waals surface area contributed by atoms with Crippen molar-refractivity contribution in [3.63, 3.8) is 0 Å². The lowest BCUT2D eigenvalue weighted by molar-refractivity contribution is 0.473. The topological polar surface area (TPSA) is 37.4 Å². The fourth-order valence-corrected chi connectivity index (χ4v) is 3.17. The number of thiophene rings is 1. The first-order valence-electron chi connectivity index (χ1n) is 5.02. The molecule has 0 amide bonds. The Balaban J connectivity index is 2.45. The summed E-state index contributed by atoms with van der Waals surface area (Å²) in [5.41, 5.74) is 0. The highest BCUT2D eigenvalue weighted by molar-refractivity contribution is 7.89. The average Bonchev–Trinajstić information content (AvgIpc) is 2.66. The van der Waals surface area contributed by atoms with Crippen molar-refractivity contribution in [1.82, 2.24) is 4.31 Å². The van der Waals surface area contributed by atoms with E-state index in [2.05, 4.69) is 0 Å². The lowest BCUT2D eigenvalue weighted by Gasteiger charge is -2.15. The van der Waals surface area contributed by atoms with Gasteiger partial charge in [0.1, 0.15) is 0 Å². The van der Waals surface area contributed by atoms with Crippen LogP contribution in [0.4, 0.5) is 0 Å². The molecular weight excluding hydrogens is 230 g/mol. The van der Waals surface area contributed by atoms with E-state index in [1.165, 1.54) is 9.18 Å². The normalized spacial score (nSPS) is 12.2. The zero-order valence-electron chi connectivity index (χ0n) is 9.14. The van der Waals surface area contributed by atoms with Gasteiger partial charge in [0, 0.05) is 18.5 Å². The van der Waals surface area contributed by atoms with Crippen LogP contribution in [0, 0.1) is 0 Å². The van der Waals surface area contributed by atoms with Crippen LogP contribution in [0.15, 0.2) is 17.5 Å². The molecule has 0 aliphatic carbocycles. The summed E-state index contributed by atoms with van der Waals surface area (Å²) in [5, 5.41) is 2.01. The SMILES string of the molecule is CCCS(=O)(=O)N(C)CCc1cccs1. The van der Waals surface area contributed by atoms with Gasteiger partial charge >= 0.3 is 0 Å². The first kappa shape index (κ1) is 12.7. The van der Waals surface area contributed by atoms with E-state index in [9.17, 15) is 8.42 Å². The van der Waals surface area contributed by atoms with Gasteiger partial charge in [0.05, 0.1) is 5.75 Å². The van der Waals surface area contributed by atoms with Gasteiger partial charge in [-0.15, -0.1) is 11.3 Å². The Bertz CT molecular complexity index is 370. The molecule has 0 spiro atoms. The van der Waals surface area contributed by atoms with Gasteiger partial charge in [0.25, 0.3) is 0 Å². The number of sulfonamides is 1. The van der Waals surface area contributed by atoms with E-state index in [4.69, 9.17) is 0 Å². The predicted molar refractivity (Wildman–Crippen MR) is 64.7 cm³/mol. The lowest BCUT2D eigenvalue weighted by atomic mass is 10.3. The molecule has 1 rings (SSSR count). The Morgan fingerprint density at radius 3 is 2.73 bits per heavy atom. The highest BCUT2D eigenvalue weighted by Gasteiger charge is 2.15. The van der Waals surface area contributed by atoms with Crippen LogP contribution in [0.2, 0.25) is 0 Å². The summed E-state index contributed by atoms with van der Waals surface area (Å²) in [6.07, 6.45) is 1.47. The molecule has 15 heavy (non-hydrogen) atoms. The molecule has 0 aliphatic rings. The molecule has 0 saturated heterocycles. The maximum atomic E-state index is 11.6. The molecule has 0 radical (unpaired) electrons. The molecule has 3 nitrogen and oxygen atoms in total. The number of nitrogens with zero attached hydrogens (tertiary/aromatic N) is 1. The van der Waals surface area contributed by atoms with E-state index in [1.807, 2.05) is 24.4 Å². The molecule has 0 bridgehead atoms. The maximum Gasteiger partial charge on any atom is 0.213 e. The second-order valence-electron chi connectivity index (χ2n) is 3.47. The minimum absolute atomic E-state index is 0.244. The number of rotatable bonds is 6. The van der Waals surface area contributed by atoms with Gasteiger partial charge in [-0.2, -0.15) is 0 Å². The van der Waals surface area contributed by atoms with E-state index >= 15 is 0 Å². The summed E-state index contributed by atoms with van der Waals surface area (Å²) < 4.78 is 24.7. The third kappa shape index (κ3) is 3.93. The predicted octanol–water partition coefficient (Wildman–Crippen LogP) is 1.96. The summed E-state index contributed by atoms with van der Waals surface area (Å²) in [4.78, 5) is 1.23. The molecule has 1 aromatic heterocycles. The molecule has 86 valence electrons. The van der Waals surface area contributed by atoms with E-state index in [1.54, 1.807) is 18.4 Å². The Kier molecular flexibility index (Phi) is 4.76. The minimum atomic E-state index is -3.03. The van der Waals surface area contributed by atoms with Gasteiger partial charge in [-0.05, 0) is 24.3 Å². The Morgan fingerprint density at radius 1 is 1.47 bits per heavy atom. The largest absolute Gasteiger partial charge is 0.213 e. The summed E-state index contributed by atoms with van der Waals surface area (Å²) in [6, 6.07) is 4.02. The van der Waals surface area contributed by atoms with Gasteiger partial charge in [-0.3, -0.25) is 0 Å². The van der Waals surface area contributed by atoms with Crippen LogP contribution >= 0.6 is 11.3 Å². The lowest BCUT2D eigenvalue weighted by Crippen LogP contribution is -2.30. The van der Waals surface area contributed by atoms with Crippen molar-refractivity contribution in [3.05, 3.63) is 22.4 Å². The molecule has 5 heteroatoms. The van der Waals surface area contributed by atoms with Crippen molar-refractivity contribution < 1.29 is 8.42 Å². The molecule has 0 fully saturated rings. The van der Waals surface area contributed by atoms with Crippen LogP contribution in [0.1, 0.15) is 18.2 Å². The van der Waals surface area contributed by atoms with Gasteiger partial charge in [0.2, 0.25) is 10.0 Å². The average molecular weight is 247 g/mol. The Labute approximate surface area is 95.8 Å². The third-order valence-electron chi connectivity index (χ3n) is 2.19. The van der Waals surface area contributed by atoms with Gasteiger partial charge < -0.3 is 0 Å². The van der Waals surface area contributed by atoms with Crippen LogP contribution < -0.4 is 0 Å². The van der Waals surface area contributed by atoms with Crippen LogP contribution in [0.5, 0.6) is 0 Å². The summed E-state index contributed by atoms with van der Waals surface area (Å²) >= 11 is 1.67. The monoisotopic (exact) mass is 247 g/mol. The summed E-state index contributed by atoms with van der Waals surface area (Å²) in [5.74, 6) is 0.244. The second-order valence-corrected chi connectivity index (χ2v) is 6.69. The molecule has 0 aromatic carbocycles. The zero-order valence-corrected chi connectivity index (χ0v) is 10.8. The summed E-state index contributed by atoms with van der Waals surface area (Å²) in [6.45, 7) is 2.45. The molecule has 0 N–H and O–H groups in total. The summed E-state index contributed by atoms with van der Waals surface area (Å²) in [7, 11) is -1.37. The van der Waals surface area contributed by atoms with Crippen molar-refractivity contribution in [2.75, 3.05) is 19.3 Å². The minimum Gasteiger partial charge on any atom is -0.212 e. The van der Waals surface area contributed by atoms with Crippen molar-refractivity contribution in [2.45, 2.75) is 19.8 Å². The quantitative estimate of drug-likeness (QED) is 0.770. The maximum absolute atomic E-state index is 11.6. The van der Waals surface area contributed by atoms with E-state index in [0.29, 0.717) is 13.0 Å². The molecule has 1 heterocycles. The van der Waals surface area contributed by atoms with Crippen LogP contribution in [0.25, 0.3) is 0 Å². The van der Waals surface area contributed by atoms with Gasteiger partial charge in [-0.25, -0.2) is 12.7 Å².